The third kappa shape index (κ3) is 3.23. The van der Waals surface area contributed by atoms with E-state index in [1.165, 1.54) is 38.8 Å². The van der Waals surface area contributed by atoms with E-state index in [1.54, 1.807) is 0 Å². The van der Waals surface area contributed by atoms with Crippen LogP contribution in [0.2, 0.25) is 0 Å². The molecule has 1 saturated heterocycles. The fraction of sp³-hybridized carbons (Fsp3) is 1.00. The SMILES string of the molecule is CC(C)CC(C)N(C)CC1NCC2CCCC21. The zero-order valence-electron chi connectivity index (χ0n) is 12.1. The Hall–Kier alpha value is -0.0800. The normalized spacial score (nSPS) is 34.6. The number of hydrogen-bond donors (Lipinski definition) is 1. The lowest BCUT2D eigenvalue weighted by atomic mass is 9.93. The smallest absolute Gasteiger partial charge is 0.0226 e. The van der Waals surface area contributed by atoms with Crippen LogP contribution in [0.1, 0.15) is 46.5 Å². The van der Waals surface area contributed by atoms with E-state index in [2.05, 4.69) is 38.0 Å². The summed E-state index contributed by atoms with van der Waals surface area (Å²) in [5, 5.41) is 3.76. The first kappa shape index (κ1) is 13.4. The van der Waals surface area contributed by atoms with Crippen molar-refractivity contribution in [2.75, 3.05) is 20.1 Å². The average molecular weight is 238 g/mol. The van der Waals surface area contributed by atoms with Gasteiger partial charge < -0.3 is 10.2 Å². The van der Waals surface area contributed by atoms with Gasteiger partial charge in [0.25, 0.3) is 0 Å². The molecule has 1 heterocycles. The number of likely N-dealkylation sites (N-methyl/N-ethyl adjacent to an activating group) is 1. The van der Waals surface area contributed by atoms with Crippen molar-refractivity contribution in [3.8, 4) is 0 Å². The molecule has 0 bridgehead atoms. The molecular formula is C15H30N2. The standard InChI is InChI=1S/C15H30N2/c1-11(2)8-12(3)17(4)10-15-14-7-5-6-13(14)9-16-15/h11-16H,5-10H2,1-4H3. The number of hydrogen-bond acceptors (Lipinski definition) is 2. The van der Waals surface area contributed by atoms with Gasteiger partial charge in [-0.25, -0.2) is 0 Å². The van der Waals surface area contributed by atoms with Gasteiger partial charge >= 0.3 is 0 Å². The van der Waals surface area contributed by atoms with Crippen LogP contribution < -0.4 is 5.32 Å². The third-order valence-corrected chi connectivity index (χ3v) is 4.93. The Morgan fingerprint density at radius 2 is 2.00 bits per heavy atom. The van der Waals surface area contributed by atoms with Crippen LogP contribution in [0.5, 0.6) is 0 Å². The Morgan fingerprint density at radius 3 is 2.71 bits per heavy atom. The van der Waals surface area contributed by atoms with Gasteiger partial charge in [-0.3, -0.25) is 0 Å². The van der Waals surface area contributed by atoms with Crippen molar-refractivity contribution in [2.45, 2.75) is 58.5 Å². The van der Waals surface area contributed by atoms with Gasteiger partial charge in [0.15, 0.2) is 0 Å². The maximum Gasteiger partial charge on any atom is 0.0226 e. The lowest BCUT2D eigenvalue weighted by molar-refractivity contribution is 0.194. The molecule has 1 saturated carbocycles. The quantitative estimate of drug-likeness (QED) is 0.792. The minimum atomic E-state index is 0.720. The Morgan fingerprint density at radius 1 is 1.24 bits per heavy atom. The summed E-state index contributed by atoms with van der Waals surface area (Å²) in [5.74, 6) is 2.78. The van der Waals surface area contributed by atoms with Gasteiger partial charge in [0.05, 0.1) is 0 Å². The molecule has 0 spiro atoms. The van der Waals surface area contributed by atoms with E-state index in [9.17, 15) is 0 Å². The minimum absolute atomic E-state index is 0.720. The van der Waals surface area contributed by atoms with Crippen LogP contribution in [0.15, 0.2) is 0 Å². The molecule has 0 aromatic carbocycles. The summed E-state index contributed by atoms with van der Waals surface area (Å²) in [6.45, 7) is 9.55. The van der Waals surface area contributed by atoms with Crippen LogP contribution >= 0.6 is 0 Å². The zero-order valence-corrected chi connectivity index (χ0v) is 12.1. The van der Waals surface area contributed by atoms with Gasteiger partial charge in [0.1, 0.15) is 0 Å². The number of fused-ring (bicyclic) bond motifs is 1. The summed E-state index contributed by atoms with van der Waals surface area (Å²) in [6.07, 6.45) is 5.73. The van der Waals surface area contributed by atoms with Crippen molar-refractivity contribution in [1.82, 2.24) is 10.2 Å². The first-order chi connectivity index (χ1) is 8.08. The van der Waals surface area contributed by atoms with E-state index in [-0.39, 0.29) is 0 Å². The summed E-state index contributed by atoms with van der Waals surface area (Å²) in [7, 11) is 2.30. The van der Waals surface area contributed by atoms with Crippen molar-refractivity contribution < 1.29 is 0 Å². The van der Waals surface area contributed by atoms with E-state index >= 15 is 0 Å². The second kappa shape index (κ2) is 5.71. The molecule has 2 fully saturated rings. The number of nitrogens with zero attached hydrogens (tertiary/aromatic N) is 1. The predicted molar refractivity (Wildman–Crippen MR) is 74.2 cm³/mol. The molecule has 1 aliphatic carbocycles. The highest BCUT2D eigenvalue weighted by molar-refractivity contribution is 4.95. The summed E-state index contributed by atoms with van der Waals surface area (Å²) in [6, 6.07) is 1.49. The largest absolute Gasteiger partial charge is 0.312 e. The molecule has 1 aliphatic heterocycles. The van der Waals surface area contributed by atoms with Crippen LogP contribution in [0, 0.1) is 17.8 Å². The molecule has 0 radical (unpaired) electrons. The molecule has 2 rings (SSSR count). The molecule has 0 aromatic heterocycles. The maximum atomic E-state index is 3.76. The van der Waals surface area contributed by atoms with Crippen molar-refractivity contribution in [3.63, 3.8) is 0 Å². The molecule has 2 nitrogen and oxygen atoms in total. The van der Waals surface area contributed by atoms with Crippen LogP contribution in [0.4, 0.5) is 0 Å². The van der Waals surface area contributed by atoms with E-state index < -0.39 is 0 Å². The van der Waals surface area contributed by atoms with Gasteiger partial charge in [-0.1, -0.05) is 20.3 Å². The molecule has 4 atom stereocenters. The Kier molecular flexibility index (Phi) is 4.48. The van der Waals surface area contributed by atoms with Gasteiger partial charge in [0, 0.05) is 18.6 Å². The van der Waals surface area contributed by atoms with E-state index in [0.717, 1.165) is 29.8 Å². The van der Waals surface area contributed by atoms with Crippen LogP contribution in [-0.4, -0.2) is 37.1 Å². The minimum Gasteiger partial charge on any atom is -0.312 e. The molecule has 0 amide bonds. The molecular weight excluding hydrogens is 208 g/mol. The van der Waals surface area contributed by atoms with Crippen LogP contribution in [0.3, 0.4) is 0 Å². The highest BCUT2D eigenvalue weighted by Gasteiger charge is 2.39. The molecule has 17 heavy (non-hydrogen) atoms. The molecule has 0 aromatic rings. The van der Waals surface area contributed by atoms with Crippen molar-refractivity contribution >= 4 is 0 Å². The topological polar surface area (TPSA) is 15.3 Å². The second-order valence-corrected chi connectivity index (χ2v) is 6.79. The number of nitrogens with one attached hydrogen (secondary N) is 1. The molecule has 2 heteroatoms. The molecule has 100 valence electrons. The monoisotopic (exact) mass is 238 g/mol. The fourth-order valence-electron chi connectivity index (χ4n) is 3.86. The van der Waals surface area contributed by atoms with Gasteiger partial charge in [-0.2, -0.15) is 0 Å². The first-order valence-corrected chi connectivity index (χ1v) is 7.51. The Labute approximate surface area is 107 Å². The van der Waals surface area contributed by atoms with Gasteiger partial charge in [-0.05, 0) is 57.5 Å². The Balaban J connectivity index is 1.80. The second-order valence-electron chi connectivity index (χ2n) is 6.79. The van der Waals surface area contributed by atoms with Gasteiger partial charge in [0.2, 0.25) is 0 Å². The summed E-state index contributed by atoms with van der Waals surface area (Å²) >= 11 is 0. The Bertz CT molecular complexity index is 239. The summed E-state index contributed by atoms with van der Waals surface area (Å²) in [4.78, 5) is 2.57. The summed E-state index contributed by atoms with van der Waals surface area (Å²) < 4.78 is 0. The maximum absolute atomic E-state index is 3.76. The van der Waals surface area contributed by atoms with Crippen LogP contribution in [-0.2, 0) is 0 Å². The molecule has 4 unspecified atom stereocenters. The van der Waals surface area contributed by atoms with Gasteiger partial charge in [-0.15, -0.1) is 0 Å². The lowest BCUT2D eigenvalue weighted by Gasteiger charge is -2.30. The van der Waals surface area contributed by atoms with E-state index in [0.29, 0.717) is 0 Å². The van der Waals surface area contributed by atoms with Crippen molar-refractivity contribution in [1.29, 1.82) is 0 Å². The number of rotatable bonds is 5. The predicted octanol–water partition coefficient (Wildman–Crippen LogP) is 2.74. The molecule has 1 N–H and O–H groups in total. The highest BCUT2D eigenvalue weighted by atomic mass is 15.2. The van der Waals surface area contributed by atoms with Crippen molar-refractivity contribution in [2.24, 2.45) is 17.8 Å². The van der Waals surface area contributed by atoms with Crippen molar-refractivity contribution in [3.05, 3.63) is 0 Å². The average Bonchev–Trinajstić information content (AvgIpc) is 2.81. The fourth-order valence-corrected chi connectivity index (χ4v) is 3.86. The first-order valence-electron chi connectivity index (χ1n) is 7.51. The molecule has 2 aliphatic rings. The summed E-state index contributed by atoms with van der Waals surface area (Å²) in [5.41, 5.74) is 0. The van der Waals surface area contributed by atoms with E-state index in [4.69, 9.17) is 0 Å². The highest BCUT2D eigenvalue weighted by Crippen LogP contribution is 2.37. The lowest BCUT2D eigenvalue weighted by Crippen LogP contribution is -2.42. The van der Waals surface area contributed by atoms with Crippen LogP contribution in [0.25, 0.3) is 0 Å². The van der Waals surface area contributed by atoms with E-state index in [1.807, 2.05) is 0 Å². The third-order valence-electron chi connectivity index (χ3n) is 4.93. The zero-order chi connectivity index (χ0) is 12.4.